The molecule has 14 heavy (non-hydrogen) atoms. The highest BCUT2D eigenvalue weighted by Crippen LogP contribution is 2.16. The molecule has 2 heterocycles. The number of hydrogen-bond donors (Lipinski definition) is 1. The number of fused-ring (bicyclic) bond motifs is 1. The maximum Gasteiger partial charge on any atom is 0.339 e. The molecule has 0 saturated heterocycles. The topological polar surface area (TPSA) is 76.7 Å². The van der Waals surface area contributed by atoms with Gasteiger partial charge in [-0.15, -0.1) is 0 Å². The van der Waals surface area contributed by atoms with E-state index >= 15 is 0 Å². The molecular weight excluding hydrogens is 186 g/mol. The van der Waals surface area contributed by atoms with Crippen molar-refractivity contribution >= 4 is 11.6 Å². The van der Waals surface area contributed by atoms with Crippen molar-refractivity contribution in [3.63, 3.8) is 0 Å². The minimum Gasteiger partial charge on any atom is -0.495 e. The van der Waals surface area contributed by atoms with Crippen molar-refractivity contribution in [3.05, 3.63) is 24.2 Å². The fourth-order valence-electron chi connectivity index (χ4n) is 1.17. The Morgan fingerprint density at radius 3 is 3.07 bits per heavy atom. The summed E-state index contributed by atoms with van der Waals surface area (Å²) in [7, 11) is 1.46. The SMILES string of the molecule is COc1cc(C(=O)O)c2ncnn2c1. The maximum absolute atomic E-state index is 10.8. The van der Waals surface area contributed by atoms with Gasteiger partial charge in [0.15, 0.2) is 5.65 Å². The van der Waals surface area contributed by atoms with Crippen LogP contribution >= 0.6 is 0 Å². The van der Waals surface area contributed by atoms with E-state index in [4.69, 9.17) is 9.84 Å². The molecule has 0 fully saturated rings. The van der Waals surface area contributed by atoms with E-state index in [1.807, 2.05) is 0 Å². The van der Waals surface area contributed by atoms with Gasteiger partial charge in [0.1, 0.15) is 17.6 Å². The van der Waals surface area contributed by atoms with Crippen molar-refractivity contribution in [2.75, 3.05) is 7.11 Å². The zero-order valence-electron chi connectivity index (χ0n) is 7.34. The molecule has 0 aromatic carbocycles. The number of carboxylic acids is 1. The number of aromatic nitrogens is 3. The minimum absolute atomic E-state index is 0.0712. The lowest BCUT2D eigenvalue weighted by atomic mass is 10.2. The van der Waals surface area contributed by atoms with Gasteiger partial charge in [-0.1, -0.05) is 0 Å². The third kappa shape index (κ3) is 1.17. The predicted molar refractivity (Wildman–Crippen MR) is 46.5 cm³/mol. The van der Waals surface area contributed by atoms with Crippen LogP contribution in [0.2, 0.25) is 0 Å². The lowest BCUT2D eigenvalue weighted by Crippen LogP contribution is -2.02. The molecule has 0 bridgehead atoms. The second kappa shape index (κ2) is 2.99. The number of rotatable bonds is 2. The highest BCUT2D eigenvalue weighted by Gasteiger charge is 2.12. The van der Waals surface area contributed by atoms with Gasteiger partial charge >= 0.3 is 5.97 Å². The standard InChI is InChI=1S/C8H7N3O3/c1-14-5-2-6(8(12)13)7-9-4-10-11(7)3-5/h2-4H,1H3,(H,12,13). The van der Waals surface area contributed by atoms with E-state index in [2.05, 4.69) is 10.1 Å². The smallest absolute Gasteiger partial charge is 0.339 e. The second-order valence-corrected chi connectivity index (χ2v) is 2.63. The Balaban J connectivity index is 2.76. The molecule has 0 aliphatic rings. The summed E-state index contributed by atoms with van der Waals surface area (Å²) >= 11 is 0. The van der Waals surface area contributed by atoms with Crippen LogP contribution in [0.1, 0.15) is 10.4 Å². The molecule has 0 atom stereocenters. The van der Waals surface area contributed by atoms with Gasteiger partial charge < -0.3 is 9.84 Å². The molecule has 2 aromatic heterocycles. The molecular formula is C8H7N3O3. The van der Waals surface area contributed by atoms with Crippen LogP contribution in [0.3, 0.4) is 0 Å². The molecule has 72 valence electrons. The Morgan fingerprint density at radius 1 is 1.64 bits per heavy atom. The minimum atomic E-state index is -1.05. The number of aromatic carboxylic acids is 1. The third-order valence-electron chi connectivity index (χ3n) is 1.82. The van der Waals surface area contributed by atoms with Crippen molar-refractivity contribution in [2.45, 2.75) is 0 Å². The molecule has 6 heteroatoms. The van der Waals surface area contributed by atoms with Crippen molar-refractivity contribution < 1.29 is 14.6 Å². The molecule has 0 amide bonds. The fraction of sp³-hybridized carbons (Fsp3) is 0.125. The number of hydrogen-bond acceptors (Lipinski definition) is 4. The molecule has 2 rings (SSSR count). The summed E-state index contributed by atoms with van der Waals surface area (Å²) in [6, 6.07) is 1.41. The molecule has 0 unspecified atom stereocenters. The van der Waals surface area contributed by atoms with Gasteiger partial charge in [-0.2, -0.15) is 5.10 Å². The van der Waals surface area contributed by atoms with E-state index in [1.54, 1.807) is 6.20 Å². The lowest BCUT2D eigenvalue weighted by molar-refractivity contribution is 0.0698. The van der Waals surface area contributed by atoms with Crippen LogP contribution < -0.4 is 4.74 Å². The average Bonchev–Trinajstić information content (AvgIpc) is 2.63. The quantitative estimate of drug-likeness (QED) is 0.748. The first-order chi connectivity index (χ1) is 6.72. The van der Waals surface area contributed by atoms with Crippen molar-refractivity contribution in [1.29, 1.82) is 0 Å². The number of methoxy groups -OCH3 is 1. The predicted octanol–water partition coefficient (Wildman–Crippen LogP) is 0.436. The Bertz CT molecular complexity index is 492. The monoisotopic (exact) mass is 193 g/mol. The zero-order valence-corrected chi connectivity index (χ0v) is 7.34. The van der Waals surface area contributed by atoms with Crippen LogP contribution in [-0.2, 0) is 0 Å². The summed E-state index contributed by atoms with van der Waals surface area (Å²) in [5, 5.41) is 12.7. The molecule has 0 aliphatic heterocycles. The Hall–Kier alpha value is -2.11. The van der Waals surface area contributed by atoms with Crippen molar-refractivity contribution in [1.82, 2.24) is 14.6 Å². The first-order valence-electron chi connectivity index (χ1n) is 3.83. The van der Waals surface area contributed by atoms with E-state index in [-0.39, 0.29) is 5.56 Å². The molecule has 0 saturated carbocycles. The molecule has 0 spiro atoms. The van der Waals surface area contributed by atoms with Gasteiger partial charge in [0.05, 0.1) is 13.3 Å². The normalized spacial score (nSPS) is 10.4. The van der Waals surface area contributed by atoms with E-state index < -0.39 is 5.97 Å². The van der Waals surface area contributed by atoms with Crippen LogP contribution in [0.15, 0.2) is 18.6 Å². The summed E-state index contributed by atoms with van der Waals surface area (Å²) in [5.74, 6) is -0.623. The number of nitrogens with zero attached hydrogens (tertiary/aromatic N) is 3. The highest BCUT2D eigenvalue weighted by atomic mass is 16.5. The van der Waals surface area contributed by atoms with E-state index in [9.17, 15) is 4.79 Å². The fourth-order valence-corrected chi connectivity index (χ4v) is 1.17. The average molecular weight is 193 g/mol. The Kier molecular flexibility index (Phi) is 1.81. The summed E-state index contributed by atoms with van der Waals surface area (Å²) in [4.78, 5) is 14.7. The number of carboxylic acid groups (broad SMARTS) is 1. The number of carbonyl (C=O) groups is 1. The molecule has 0 radical (unpaired) electrons. The summed E-state index contributed by atoms with van der Waals surface area (Å²) < 4.78 is 6.29. The first-order valence-corrected chi connectivity index (χ1v) is 3.83. The highest BCUT2D eigenvalue weighted by molar-refractivity contribution is 5.94. The summed E-state index contributed by atoms with van der Waals surface area (Å²) in [6.45, 7) is 0. The van der Waals surface area contributed by atoms with Gasteiger partial charge in [-0.25, -0.2) is 14.3 Å². The molecule has 6 nitrogen and oxygen atoms in total. The van der Waals surface area contributed by atoms with E-state index in [0.717, 1.165) is 0 Å². The van der Waals surface area contributed by atoms with Crippen LogP contribution in [-0.4, -0.2) is 32.8 Å². The maximum atomic E-state index is 10.8. The number of ether oxygens (including phenoxy) is 1. The zero-order chi connectivity index (χ0) is 10.1. The molecule has 1 N–H and O–H groups in total. The van der Waals surface area contributed by atoms with E-state index in [0.29, 0.717) is 11.4 Å². The Morgan fingerprint density at radius 2 is 2.43 bits per heavy atom. The first kappa shape index (κ1) is 8.49. The van der Waals surface area contributed by atoms with Crippen molar-refractivity contribution in [3.8, 4) is 5.75 Å². The van der Waals surface area contributed by atoms with Gasteiger partial charge in [0.2, 0.25) is 0 Å². The largest absolute Gasteiger partial charge is 0.495 e. The van der Waals surface area contributed by atoms with Crippen molar-refractivity contribution in [2.24, 2.45) is 0 Å². The van der Waals surface area contributed by atoms with Crippen LogP contribution in [0.25, 0.3) is 5.65 Å². The number of pyridine rings is 1. The summed E-state index contributed by atoms with van der Waals surface area (Å²) in [6.07, 6.45) is 2.86. The lowest BCUT2D eigenvalue weighted by Gasteiger charge is -2.02. The van der Waals surface area contributed by atoms with Gasteiger partial charge in [0, 0.05) is 6.07 Å². The Labute approximate surface area is 78.8 Å². The van der Waals surface area contributed by atoms with Crippen LogP contribution in [0.4, 0.5) is 0 Å². The van der Waals surface area contributed by atoms with E-state index in [1.165, 1.54) is 24.0 Å². The summed E-state index contributed by atoms with van der Waals surface area (Å²) in [5.41, 5.74) is 0.375. The third-order valence-corrected chi connectivity index (χ3v) is 1.82. The van der Waals surface area contributed by atoms with Crippen LogP contribution in [0.5, 0.6) is 5.75 Å². The molecule has 0 aliphatic carbocycles. The van der Waals surface area contributed by atoms with Crippen LogP contribution in [0, 0.1) is 0 Å². The van der Waals surface area contributed by atoms with Gasteiger partial charge in [-0.3, -0.25) is 0 Å². The molecule has 2 aromatic rings. The van der Waals surface area contributed by atoms with Gasteiger partial charge in [0.25, 0.3) is 0 Å². The second-order valence-electron chi connectivity index (χ2n) is 2.63. The van der Waals surface area contributed by atoms with Gasteiger partial charge in [-0.05, 0) is 0 Å².